The van der Waals surface area contributed by atoms with Crippen molar-refractivity contribution in [1.29, 1.82) is 0 Å². The van der Waals surface area contributed by atoms with Crippen LogP contribution in [-0.2, 0) is 9.53 Å². The number of esters is 1. The van der Waals surface area contributed by atoms with E-state index in [0.29, 0.717) is 12.2 Å². The third-order valence-electron chi connectivity index (χ3n) is 3.11. The van der Waals surface area contributed by atoms with Crippen LogP contribution >= 0.6 is 0 Å². The van der Waals surface area contributed by atoms with E-state index in [4.69, 9.17) is 9.47 Å². The summed E-state index contributed by atoms with van der Waals surface area (Å²) in [7, 11) is 1.63. The fraction of sp³-hybridized carbons (Fsp3) is 0.235. The average Bonchev–Trinajstić information content (AvgIpc) is 2.47. The standard InChI is InChI=1S/C17H18O3/c1-4-20-17(18)12(2)11-15-14-8-6-5-7-13(14)9-10-16(15)19-3/h5-11H,4H2,1-3H3. The fourth-order valence-corrected chi connectivity index (χ4v) is 2.12. The number of carbonyl (C=O) groups excluding carboxylic acids is 1. The third-order valence-corrected chi connectivity index (χ3v) is 3.11. The zero-order valence-electron chi connectivity index (χ0n) is 12.0. The molecule has 2 aromatic rings. The second-order valence-corrected chi connectivity index (χ2v) is 4.45. The van der Waals surface area contributed by atoms with Crippen LogP contribution in [-0.4, -0.2) is 19.7 Å². The van der Waals surface area contributed by atoms with Gasteiger partial charge >= 0.3 is 5.97 Å². The normalized spacial score (nSPS) is 11.4. The molecule has 0 N–H and O–H groups in total. The number of hydrogen-bond acceptors (Lipinski definition) is 3. The molecule has 0 fully saturated rings. The molecule has 0 aliphatic carbocycles. The summed E-state index contributed by atoms with van der Waals surface area (Å²) in [6.07, 6.45) is 1.82. The molecule has 0 unspecified atom stereocenters. The van der Waals surface area contributed by atoms with Gasteiger partial charge in [-0.2, -0.15) is 0 Å². The number of rotatable bonds is 4. The minimum atomic E-state index is -0.303. The summed E-state index contributed by atoms with van der Waals surface area (Å²) in [6, 6.07) is 11.9. The van der Waals surface area contributed by atoms with E-state index in [1.165, 1.54) is 0 Å². The van der Waals surface area contributed by atoms with Gasteiger partial charge in [-0.25, -0.2) is 4.79 Å². The van der Waals surface area contributed by atoms with Crippen LogP contribution in [0.1, 0.15) is 19.4 Å². The molecule has 0 saturated heterocycles. The molecule has 0 aromatic heterocycles. The summed E-state index contributed by atoms with van der Waals surface area (Å²) < 4.78 is 10.4. The van der Waals surface area contributed by atoms with Gasteiger partial charge in [0.2, 0.25) is 0 Å². The van der Waals surface area contributed by atoms with Crippen LogP contribution < -0.4 is 4.74 Å². The van der Waals surface area contributed by atoms with Gasteiger partial charge in [-0.15, -0.1) is 0 Å². The van der Waals surface area contributed by atoms with E-state index in [2.05, 4.69) is 0 Å². The lowest BCUT2D eigenvalue weighted by Crippen LogP contribution is -2.05. The first kappa shape index (κ1) is 14.1. The van der Waals surface area contributed by atoms with Crippen molar-refractivity contribution in [3.63, 3.8) is 0 Å². The molecule has 0 aliphatic rings. The van der Waals surface area contributed by atoms with E-state index >= 15 is 0 Å². The molecule has 3 nitrogen and oxygen atoms in total. The lowest BCUT2D eigenvalue weighted by molar-refractivity contribution is -0.138. The maximum atomic E-state index is 11.8. The number of hydrogen-bond donors (Lipinski definition) is 0. The molecule has 0 radical (unpaired) electrons. The molecule has 3 heteroatoms. The Morgan fingerprint density at radius 1 is 1.20 bits per heavy atom. The first-order valence-electron chi connectivity index (χ1n) is 6.58. The van der Waals surface area contributed by atoms with Gasteiger partial charge in [0.15, 0.2) is 0 Å². The van der Waals surface area contributed by atoms with Crippen molar-refractivity contribution in [2.45, 2.75) is 13.8 Å². The second kappa shape index (κ2) is 6.24. The Balaban J connectivity index is 2.56. The van der Waals surface area contributed by atoms with E-state index in [1.807, 2.05) is 42.5 Å². The van der Waals surface area contributed by atoms with Crippen molar-refractivity contribution in [2.24, 2.45) is 0 Å². The van der Waals surface area contributed by atoms with Crippen LogP contribution in [0, 0.1) is 0 Å². The number of methoxy groups -OCH3 is 1. The molecular weight excluding hydrogens is 252 g/mol. The molecule has 0 saturated carbocycles. The number of carbonyl (C=O) groups is 1. The zero-order valence-corrected chi connectivity index (χ0v) is 12.0. The van der Waals surface area contributed by atoms with Gasteiger partial charge in [0.25, 0.3) is 0 Å². The second-order valence-electron chi connectivity index (χ2n) is 4.45. The van der Waals surface area contributed by atoms with Gasteiger partial charge in [-0.1, -0.05) is 30.3 Å². The minimum Gasteiger partial charge on any atom is -0.496 e. The molecule has 2 aromatic carbocycles. The van der Waals surface area contributed by atoms with Crippen LogP contribution in [0.5, 0.6) is 5.75 Å². The summed E-state index contributed by atoms with van der Waals surface area (Å²) in [6.45, 7) is 3.92. The molecule has 0 bridgehead atoms. The number of fused-ring (bicyclic) bond motifs is 1. The van der Waals surface area contributed by atoms with Crippen LogP contribution in [0.3, 0.4) is 0 Å². The van der Waals surface area contributed by atoms with E-state index in [0.717, 1.165) is 22.1 Å². The monoisotopic (exact) mass is 270 g/mol. The Morgan fingerprint density at radius 3 is 2.65 bits per heavy atom. The third kappa shape index (κ3) is 2.82. The highest BCUT2D eigenvalue weighted by Gasteiger charge is 2.10. The topological polar surface area (TPSA) is 35.5 Å². The summed E-state index contributed by atoms with van der Waals surface area (Å²) in [5.74, 6) is 0.440. The first-order valence-corrected chi connectivity index (χ1v) is 6.58. The van der Waals surface area contributed by atoms with Crippen molar-refractivity contribution in [3.05, 3.63) is 47.5 Å². The van der Waals surface area contributed by atoms with Crippen LogP contribution in [0.15, 0.2) is 42.0 Å². The quantitative estimate of drug-likeness (QED) is 0.626. The largest absolute Gasteiger partial charge is 0.496 e. The van der Waals surface area contributed by atoms with Crippen LogP contribution in [0.25, 0.3) is 16.8 Å². The average molecular weight is 270 g/mol. The molecule has 104 valence electrons. The Labute approximate surface area is 118 Å². The smallest absolute Gasteiger partial charge is 0.333 e. The van der Waals surface area contributed by atoms with Crippen molar-refractivity contribution >= 4 is 22.8 Å². The van der Waals surface area contributed by atoms with Crippen LogP contribution in [0.2, 0.25) is 0 Å². The van der Waals surface area contributed by atoms with Crippen molar-refractivity contribution in [2.75, 3.05) is 13.7 Å². The SMILES string of the molecule is CCOC(=O)C(C)=Cc1c(OC)ccc2ccccc12. The number of benzene rings is 2. The van der Waals surface area contributed by atoms with Crippen molar-refractivity contribution < 1.29 is 14.3 Å². The lowest BCUT2D eigenvalue weighted by atomic mass is 10.0. The molecule has 0 heterocycles. The minimum absolute atomic E-state index is 0.303. The van der Waals surface area contributed by atoms with Gasteiger partial charge in [-0.3, -0.25) is 0 Å². The highest BCUT2D eigenvalue weighted by molar-refractivity contribution is 5.99. The van der Waals surface area contributed by atoms with E-state index < -0.39 is 0 Å². The summed E-state index contributed by atoms with van der Waals surface area (Å²) in [4.78, 5) is 11.8. The Morgan fingerprint density at radius 2 is 1.95 bits per heavy atom. The maximum absolute atomic E-state index is 11.8. The first-order chi connectivity index (χ1) is 9.67. The zero-order chi connectivity index (χ0) is 14.5. The predicted molar refractivity (Wildman–Crippen MR) is 80.8 cm³/mol. The van der Waals surface area contributed by atoms with E-state index in [1.54, 1.807) is 21.0 Å². The van der Waals surface area contributed by atoms with Gasteiger partial charge in [0, 0.05) is 11.1 Å². The Kier molecular flexibility index (Phi) is 4.41. The molecule has 2 rings (SSSR count). The molecule has 20 heavy (non-hydrogen) atoms. The fourth-order valence-electron chi connectivity index (χ4n) is 2.12. The van der Waals surface area contributed by atoms with Crippen LogP contribution in [0.4, 0.5) is 0 Å². The summed E-state index contributed by atoms with van der Waals surface area (Å²) in [5, 5.41) is 2.16. The molecule has 0 amide bonds. The Bertz CT molecular complexity index is 656. The van der Waals surface area contributed by atoms with Crippen molar-refractivity contribution in [3.8, 4) is 5.75 Å². The molecule has 0 atom stereocenters. The van der Waals surface area contributed by atoms with Crippen molar-refractivity contribution in [1.82, 2.24) is 0 Å². The van der Waals surface area contributed by atoms with E-state index in [-0.39, 0.29) is 5.97 Å². The molecule has 0 spiro atoms. The summed E-state index contributed by atoms with van der Waals surface area (Å²) in [5.41, 5.74) is 1.46. The predicted octanol–water partition coefficient (Wildman–Crippen LogP) is 3.81. The number of ether oxygens (including phenoxy) is 2. The summed E-state index contributed by atoms with van der Waals surface area (Å²) >= 11 is 0. The maximum Gasteiger partial charge on any atom is 0.333 e. The van der Waals surface area contributed by atoms with Gasteiger partial charge in [0.05, 0.1) is 13.7 Å². The highest BCUT2D eigenvalue weighted by Crippen LogP contribution is 2.30. The van der Waals surface area contributed by atoms with E-state index in [9.17, 15) is 4.79 Å². The lowest BCUT2D eigenvalue weighted by Gasteiger charge is -2.10. The van der Waals surface area contributed by atoms with Gasteiger partial charge in [-0.05, 0) is 36.8 Å². The van der Waals surface area contributed by atoms with Gasteiger partial charge in [0.1, 0.15) is 5.75 Å². The highest BCUT2D eigenvalue weighted by atomic mass is 16.5. The van der Waals surface area contributed by atoms with Gasteiger partial charge < -0.3 is 9.47 Å². The Hall–Kier alpha value is -2.29. The molecular formula is C17H18O3. The molecule has 0 aliphatic heterocycles.